The molecule has 4 heteroatoms. The normalized spacial score (nSPS) is 23.2. The second-order valence-corrected chi connectivity index (χ2v) is 4.90. The molecule has 0 bridgehead atoms. The number of rotatable bonds is 4. The molecular weight excluding hydrogens is 208 g/mol. The van der Waals surface area contributed by atoms with Gasteiger partial charge in [-0.1, -0.05) is 6.92 Å². The Kier molecular flexibility index (Phi) is 3.72. The summed E-state index contributed by atoms with van der Waals surface area (Å²) in [5.74, 6) is 0. The molecule has 1 saturated heterocycles. The lowest BCUT2D eigenvalue weighted by Crippen LogP contribution is -2.32. The van der Waals surface area contributed by atoms with Crippen LogP contribution in [0.4, 0.5) is 0 Å². The summed E-state index contributed by atoms with van der Waals surface area (Å²) in [4.78, 5) is 4.54. The minimum Gasteiger partial charge on any atom is -0.380 e. The van der Waals surface area contributed by atoms with Gasteiger partial charge >= 0.3 is 0 Å². The van der Waals surface area contributed by atoms with Crippen molar-refractivity contribution < 1.29 is 4.74 Å². The van der Waals surface area contributed by atoms with E-state index in [2.05, 4.69) is 22.6 Å². The zero-order valence-electron chi connectivity index (χ0n) is 9.32. The molecule has 0 aromatic carbocycles. The molecule has 0 spiro atoms. The van der Waals surface area contributed by atoms with E-state index in [9.17, 15) is 0 Å². The zero-order valence-corrected chi connectivity index (χ0v) is 10.1. The minimum absolute atomic E-state index is 0.399. The molecule has 0 aliphatic carbocycles. The minimum atomic E-state index is 0.399. The first-order valence-corrected chi connectivity index (χ1v) is 6.43. The van der Waals surface area contributed by atoms with E-state index in [1.807, 2.05) is 6.92 Å². The van der Waals surface area contributed by atoms with Gasteiger partial charge in [-0.15, -0.1) is 11.3 Å². The lowest BCUT2D eigenvalue weighted by atomic mass is 10.2. The Balaban J connectivity index is 1.97. The summed E-state index contributed by atoms with van der Waals surface area (Å²) >= 11 is 1.75. The SMILES string of the molecule is CCC(NC1CCOC1)c1nc(C)cs1. The first kappa shape index (κ1) is 11.0. The Bertz CT molecular complexity index is 307. The fourth-order valence-electron chi connectivity index (χ4n) is 1.85. The Labute approximate surface area is 94.9 Å². The van der Waals surface area contributed by atoms with Crippen molar-refractivity contribution in [2.75, 3.05) is 13.2 Å². The number of nitrogens with one attached hydrogen (secondary N) is 1. The largest absolute Gasteiger partial charge is 0.380 e. The highest BCUT2D eigenvalue weighted by molar-refractivity contribution is 7.09. The Morgan fingerprint density at radius 2 is 2.60 bits per heavy atom. The summed E-state index contributed by atoms with van der Waals surface area (Å²) < 4.78 is 5.36. The van der Waals surface area contributed by atoms with Crippen LogP contribution in [0.3, 0.4) is 0 Å². The van der Waals surface area contributed by atoms with Crippen LogP contribution in [-0.4, -0.2) is 24.2 Å². The van der Waals surface area contributed by atoms with Gasteiger partial charge in [-0.2, -0.15) is 0 Å². The molecule has 1 aliphatic heterocycles. The summed E-state index contributed by atoms with van der Waals surface area (Å²) in [6.45, 7) is 5.99. The number of hydrogen-bond acceptors (Lipinski definition) is 4. The molecule has 2 heterocycles. The fourth-order valence-corrected chi connectivity index (χ4v) is 2.79. The van der Waals surface area contributed by atoms with Crippen LogP contribution in [0.1, 0.15) is 36.5 Å². The van der Waals surface area contributed by atoms with Crippen molar-refractivity contribution in [1.29, 1.82) is 0 Å². The Hall–Kier alpha value is -0.450. The molecule has 1 N–H and O–H groups in total. The molecule has 1 aliphatic rings. The predicted molar refractivity (Wildman–Crippen MR) is 62.2 cm³/mol. The van der Waals surface area contributed by atoms with E-state index < -0.39 is 0 Å². The Morgan fingerprint density at radius 1 is 1.73 bits per heavy atom. The van der Waals surface area contributed by atoms with Crippen LogP contribution in [0.2, 0.25) is 0 Å². The third-order valence-electron chi connectivity index (χ3n) is 2.71. The molecule has 1 aromatic rings. The summed E-state index contributed by atoms with van der Waals surface area (Å²) in [5, 5.41) is 6.94. The van der Waals surface area contributed by atoms with Gasteiger partial charge in [0, 0.05) is 23.7 Å². The van der Waals surface area contributed by atoms with Crippen LogP contribution >= 0.6 is 11.3 Å². The summed E-state index contributed by atoms with van der Waals surface area (Å²) in [5.41, 5.74) is 1.12. The van der Waals surface area contributed by atoms with Gasteiger partial charge in [0.25, 0.3) is 0 Å². The van der Waals surface area contributed by atoms with Gasteiger partial charge in [-0.3, -0.25) is 0 Å². The van der Waals surface area contributed by atoms with E-state index >= 15 is 0 Å². The monoisotopic (exact) mass is 226 g/mol. The lowest BCUT2D eigenvalue weighted by Gasteiger charge is -2.18. The molecule has 3 nitrogen and oxygen atoms in total. The summed E-state index contributed by atoms with van der Waals surface area (Å²) in [7, 11) is 0. The average Bonchev–Trinajstić information content (AvgIpc) is 2.85. The van der Waals surface area contributed by atoms with E-state index in [0.717, 1.165) is 31.7 Å². The highest BCUT2D eigenvalue weighted by Crippen LogP contribution is 2.22. The van der Waals surface area contributed by atoms with Crippen molar-refractivity contribution in [2.24, 2.45) is 0 Å². The van der Waals surface area contributed by atoms with Crippen LogP contribution < -0.4 is 5.32 Å². The maximum absolute atomic E-state index is 5.36. The summed E-state index contributed by atoms with van der Waals surface area (Å²) in [6, 6.07) is 0.912. The summed E-state index contributed by atoms with van der Waals surface area (Å²) in [6.07, 6.45) is 2.21. The second-order valence-electron chi connectivity index (χ2n) is 4.02. The van der Waals surface area contributed by atoms with E-state index in [0.29, 0.717) is 12.1 Å². The van der Waals surface area contributed by atoms with Crippen molar-refractivity contribution in [3.8, 4) is 0 Å². The molecule has 0 amide bonds. The van der Waals surface area contributed by atoms with Crippen molar-refractivity contribution in [3.05, 3.63) is 16.1 Å². The average molecular weight is 226 g/mol. The van der Waals surface area contributed by atoms with Crippen LogP contribution in [0.25, 0.3) is 0 Å². The third kappa shape index (κ3) is 2.77. The predicted octanol–water partition coefficient (Wildman–Crippen LogP) is 2.28. The van der Waals surface area contributed by atoms with Crippen LogP contribution in [0.15, 0.2) is 5.38 Å². The maximum atomic E-state index is 5.36. The third-order valence-corrected chi connectivity index (χ3v) is 3.79. The van der Waals surface area contributed by atoms with Crippen LogP contribution in [0.5, 0.6) is 0 Å². The standard InChI is InChI=1S/C11H18N2OS/c1-3-10(11-12-8(2)7-15-11)13-9-4-5-14-6-9/h7,9-10,13H,3-6H2,1-2H3. The van der Waals surface area contributed by atoms with Crippen molar-refractivity contribution >= 4 is 11.3 Å². The van der Waals surface area contributed by atoms with Crippen molar-refractivity contribution in [1.82, 2.24) is 10.3 Å². The molecule has 2 atom stereocenters. The first-order chi connectivity index (χ1) is 7.29. The molecule has 15 heavy (non-hydrogen) atoms. The smallest absolute Gasteiger partial charge is 0.110 e. The van der Waals surface area contributed by atoms with E-state index in [-0.39, 0.29) is 0 Å². The fraction of sp³-hybridized carbons (Fsp3) is 0.727. The number of nitrogens with zero attached hydrogens (tertiary/aromatic N) is 1. The van der Waals surface area contributed by atoms with Crippen LogP contribution in [-0.2, 0) is 4.74 Å². The van der Waals surface area contributed by atoms with Gasteiger partial charge in [-0.05, 0) is 19.8 Å². The van der Waals surface area contributed by atoms with Gasteiger partial charge in [0.2, 0.25) is 0 Å². The maximum Gasteiger partial charge on any atom is 0.110 e. The Morgan fingerprint density at radius 3 is 3.13 bits per heavy atom. The molecule has 1 fully saturated rings. The lowest BCUT2D eigenvalue weighted by molar-refractivity contribution is 0.187. The molecule has 0 saturated carbocycles. The van der Waals surface area contributed by atoms with E-state index in [4.69, 9.17) is 4.74 Å². The quantitative estimate of drug-likeness (QED) is 0.855. The van der Waals surface area contributed by atoms with Gasteiger partial charge in [0.1, 0.15) is 5.01 Å². The molecule has 2 unspecified atom stereocenters. The topological polar surface area (TPSA) is 34.1 Å². The highest BCUT2D eigenvalue weighted by Gasteiger charge is 2.21. The molecule has 1 aromatic heterocycles. The number of aromatic nitrogens is 1. The van der Waals surface area contributed by atoms with Crippen molar-refractivity contribution in [2.45, 2.75) is 38.8 Å². The molecule has 0 radical (unpaired) electrons. The number of hydrogen-bond donors (Lipinski definition) is 1. The highest BCUT2D eigenvalue weighted by atomic mass is 32.1. The molecular formula is C11H18N2OS. The number of ether oxygens (including phenoxy) is 1. The van der Waals surface area contributed by atoms with Crippen molar-refractivity contribution in [3.63, 3.8) is 0 Å². The zero-order chi connectivity index (χ0) is 10.7. The van der Waals surface area contributed by atoms with Gasteiger partial charge in [0.05, 0.1) is 12.6 Å². The number of aryl methyl sites for hydroxylation is 1. The van der Waals surface area contributed by atoms with Gasteiger partial charge in [0.15, 0.2) is 0 Å². The number of thiazole rings is 1. The van der Waals surface area contributed by atoms with Crippen LogP contribution in [0, 0.1) is 6.92 Å². The van der Waals surface area contributed by atoms with E-state index in [1.54, 1.807) is 11.3 Å². The molecule has 84 valence electrons. The van der Waals surface area contributed by atoms with Gasteiger partial charge < -0.3 is 10.1 Å². The van der Waals surface area contributed by atoms with Gasteiger partial charge in [-0.25, -0.2) is 4.98 Å². The van der Waals surface area contributed by atoms with E-state index in [1.165, 1.54) is 5.01 Å². The first-order valence-electron chi connectivity index (χ1n) is 5.55. The molecule has 2 rings (SSSR count). The second kappa shape index (κ2) is 5.05.